The number of piperazine rings is 1. The van der Waals surface area contributed by atoms with Crippen molar-refractivity contribution < 1.29 is 22.8 Å². The molecule has 0 radical (unpaired) electrons. The van der Waals surface area contributed by atoms with E-state index in [1.807, 2.05) is 7.05 Å². The van der Waals surface area contributed by atoms with E-state index in [0.29, 0.717) is 44.7 Å². The van der Waals surface area contributed by atoms with Crippen molar-refractivity contribution in [1.82, 2.24) is 19.4 Å². The van der Waals surface area contributed by atoms with Crippen LogP contribution in [0.1, 0.15) is 32.1 Å². The summed E-state index contributed by atoms with van der Waals surface area (Å²) >= 11 is 0. The van der Waals surface area contributed by atoms with Crippen LogP contribution in [0.4, 0.5) is 10.5 Å². The number of likely N-dealkylation sites (N-methyl/N-ethyl adjacent to an activating group) is 1. The van der Waals surface area contributed by atoms with Crippen molar-refractivity contribution >= 4 is 33.6 Å². The number of nitrogens with one attached hydrogen (secondary N) is 2. The van der Waals surface area contributed by atoms with Gasteiger partial charge in [-0.25, -0.2) is 13.2 Å². The van der Waals surface area contributed by atoms with Gasteiger partial charge in [0.05, 0.1) is 4.90 Å². The molecule has 0 aromatic heterocycles. The van der Waals surface area contributed by atoms with E-state index in [0.717, 1.165) is 24.2 Å². The Morgan fingerprint density at radius 2 is 1.66 bits per heavy atom. The van der Waals surface area contributed by atoms with Crippen molar-refractivity contribution in [3.05, 3.63) is 24.3 Å². The Labute approximate surface area is 188 Å². The minimum Gasteiger partial charge on any atom is -0.325 e. The Morgan fingerprint density at radius 3 is 2.28 bits per heavy atom. The molecule has 0 atom stereocenters. The molecular weight excluding hydrogens is 434 g/mol. The van der Waals surface area contributed by atoms with E-state index < -0.39 is 27.5 Å². The molecule has 0 bridgehead atoms. The molecule has 0 unspecified atom stereocenters. The van der Waals surface area contributed by atoms with Crippen LogP contribution in [0.3, 0.4) is 0 Å². The molecule has 1 spiro atoms. The predicted molar refractivity (Wildman–Crippen MR) is 117 cm³/mol. The zero-order chi connectivity index (χ0) is 22.9. The number of carbonyl (C=O) groups excluding carboxylic acids is 3. The van der Waals surface area contributed by atoms with Gasteiger partial charge in [0.15, 0.2) is 0 Å². The lowest BCUT2D eigenvalue weighted by Gasteiger charge is -2.31. The molecule has 32 heavy (non-hydrogen) atoms. The smallest absolute Gasteiger partial charge is 0.325 e. The second kappa shape index (κ2) is 8.80. The molecule has 11 heteroatoms. The number of nitrogens with zero attached hydrogens (tertiary/aromatic N) is 3. The van der Waals surface area contributed by atoms with Crippen LogP contribution in [-0.4, -0.2) is 85.7 Å². The average molecular weight is 464 g/mol. The standard InChI is InChI=1S/C21H29N5O5S/c1-24-11-13-25(14-12-24)32(30,31)17-7-5-16(6-8-17)22-18(27)15-26-19(28)21(23-20(26)29)9-3-2-4-10-21/h5-8H,2-4,9-15H2,1H3,(H,22,27)(H,23,29). The minimum absolute atomic E-state index is 0.161. The summed E-state index contributed by atoms with van der Waals surface area (Å²) in [6.07, 6.45) is 3.97. The Hall–Kier alpha value is -2.50. The number of carbonyl (C=O) groups is 3. The van der Waals surface area contributed by atoms with Crippen LogP contribution in [-0.2, 0) is 19.6 Å². The summed E-state index contributed by atoms with van der Waals surface area (Å²) in [6.45, 7) is 1.85. The van der Waals surface area contributed by atoms with Crippen LogP contribution in [0.2, 0.25) is 0 Å². The van der Waals surface area contributed by atoms with Gasteiger partial charge in [-0.3, -0.25) is 14.5 Å². The number of sulfonamides is 1. The van der Waals surface area contributed by atoms with Crippen LogP contribution in [0, 0.1) is 0 Å². The zero-order valence-electron chi connectivity index (χ0n) is 18.2. The van der Waals surface area contributed by atoms with Crippen molar-refractivity contribution in [3.8, 4) is 0 Å². The molecule has 1 saturated carbocycles. The van der Waals surface area contributed by atoms with Gasteiger partial charge in [0.25, 0.3) is 5.91 Å². The first-order valence-corrected chi connectivity index (χ1v) is 12.4. The van der Waals surface area contributed by atoms with E-state index >= 15 is 0 Å². The summed E-state index contributed by atoms with van der Waals surface area (Å²) < 4.78 is 27.1. The number of imide groups is 1. The maximum atomic E-state index is 12.8. The minimum atomic E-state index is -3.59. The number of urea groups is 1. The zero-order valence-corrected chi connectivity index (χ0v) is 19.0. The first-order valence-electron chi connectivity index (χ1n) is 10.9. The molecule has 10 nitrogen and oxygen atoms in total. The molecule has 174 valence electrons. The summed E-state index contributed by atoms with van der Waals surface area (Å²) in [5.74, 6) is -0.859. The van der Waals surface area contributed by atoms with Gasteiger partial charge in [0, 0.05) is 31.9 Å². The van der Waals surface area contributed by atoms with Gasteiger partial charge in [-0.2, -0.15) is 4.31 Å². The Balaban J connectivity index is 1.37. The van der Waals surface area contributed by atoms with E-state index in [9.17, 15) is 22.8 Å². The van der Waals surface area contributed by atoms with Crippen LogP contribution in [0.5, 0.6) is 0 Å². The predicted octanol–water partition coefficient (Wildman–Crippen LogP) is 0.816. The summed E-state index contributed by atoms with van der Waals surface area (Å²) in [5, 5.41) is 5.42. The molecule has 1 aromatic rings. The molecule has 2 heterocycles. The number of rotatable bonds is 5. The maximum absolute atomic E-state index is 12.8. The van der Waals surface area contributed by atoms with Crippen molar-refractivity contribution in [1.29, 1.82) is 0 Å². The fraction of sp³-hybridized carbons (Fsp3) is 0.571. The third-order valence-corrected chi connectivity index (χ3v) is 8.41. The van der Waals surface area contributed by atoms with Crippen molar-refractivity contribution in [2.24, 2.45) is 0 Å². The molecule has 1 aliphatic carbocycles. The lowest BCUT2D eigenvalue weighted by atomic mass is 9.82. The van der Waals surface area contributed by atoms with Crippen molar-refractivity contribution in [2.45, 2.75) is 42.5 Å². The second-order valence-corrected chi connectivity index (χ2v) is 10.7. The fourth-order valence-corrected chi connectivity index (χ4v) is 5.97. The van der Waals surface area contributed by atoms with Gasteiger partial charge in [-0.1, -0.05) is 19.3 Å². The highest BCUT2D eigenvalue weighted by Crippen LogP contribution is 2.33. The summed E-state index contributed by atoms with van der Waals surface area (Å²) in [5.41, 5.74) is -0.471. The van der Waals surface area contributed by atoms with Gasteiger partial charge in [0.1, 0.15) is 12.1 Å². The highest BCUT2D eigenvalue weighted by molar-refractivity contribution is 7.89. The lowest BCUT2D eigenvalue weighted by molar-refractivity contribution is -0.134. The molecular formula is C21H29N5O5S. The van der Waals surface area contributed by atoms with Crippen molar-refractivity contribution in [3.63, 3.8) is 0 Å². The first kappa shape index (κ1) is 22.7. The topological polar surface area (TPSA) is 119 Å². The summed E-state index contributed by atoms with van der Waals surface area (Å²) in [6, 6.07) is 5.38. The van der Waals surface area contributed by atoms with Gasteiger partial charge in [-0.05, 0) is 44.2 Å². The molecule has 2 saturated heterocycles. The van der Waals surface area contributed by atoms with Crippen molar-refractivity contribution in [2.75, 3.05) is 45.1 Å². The van der Waals surface area contributed by atoms with Crippen LogP contribution >= 0.6 is 0 Å². The first-order chi connectivity index (χ1) is 15.2. The molecule has 2 N–H and O–H groups in total. The average Bonchev–Trinajstić information content (AvgIpc) is 2.98. The highest BCUT2D eigenvalue weighted by atomic mass is 32.2. The highest BCUT2D eigenvalue weighted by Gasteiger charge is 2.51. The van der Waals surface area contributed by atoms with Crippen LogP contribution in [0.25, 0.3) is 0 Å². The third kappa shape index (κ3) is 4.37. The number of amides is 4. The quantitative estimate of drug-likeness (QED) is 0.624. The molecule has 3 aliphatic rings. The van der Waals surface area contributed by atoms with E-state index in [1.54, 1.807) is 0 Å². The lowest BCUT2D eigenvalue weighted by Crippen LogP contribution is -2.48. The monoisotopic (exact) mass is 463 g/mol. The maximum Gasteiger partial charge on any atom is 0.325 e. The summed E-state index contributed by atoms with van der Waals surface area (Å²) in [7, 11) is -1.64. The Bertz CT molecular complexity index is 996. The Kier molecular flexibility index (Phi) is 6.24. The van der Waals surface area contributed by atoms with Crippen LogP contribution < -0.4 is 10.6 Å². The summed E-state index contributed by atoms with van der Waals surface area (Å²) in [4.78, 5) is 40.8. The van der Waals surface area contributed by atoms with Gasteiger partial charge >= 0.3 is 6.03 Å². The SMILES string of the molecule is CN1CCN(S(=O)(=O)c2ccc(NC(=O)CN3C(=O)NC4(CCCCC4)C3=O)cc2)CC1. The number of hydrogen-bond donors (Lipinski definition) is 2. The largest absolute Gasteiger partial charge is 0.325 e. The normalized spacial score (nSPS) is 22.2. The molecule has 1 aromatic carbocycles. The fourth-order valence-electron chi connectivity index (χ4n) is 4.55. The van der Waals surface area contributed by atoms with E-state index in [1.165, 1.54) is 28.6 Å². The van der Waals surface area contributed by atoms with Crippen LogP contribution in [0.15, 0.2) is 29.2 Å². The molecule has 4 amide bonds. The van der Waals surface area contributed by atoms with Gasteiger partial charge in [-0.15, -0.1) is 0 Å². The van der Waals surface area contributed by atoms with E-state index in [4.69, 9.17) is 0 Å². The molecule has 2 aliphatic heterocycles. The Morgan fingerprint density at radius 1 is 1.03 bits per heavy atom. The number of benzene rings is 1. The number of anilines is 1. The van der Waals surface area contributed by atoms with Gasteiger partial charge in [0.2, 0.25) is 15.9 Å². The molecule has 4 rings (SSSR count). The third-order valence-electron chi connectivity index (χ3n) is 6.49. The number of hydrogen-bond acceptors (Lipinski definition) is 6. The van der Waals surface area contributed by atoms with Gasteiger partial charge < -0.3 is 15.5 Å². The van der Waals surface area contributed by atoms with E-state index in [-0.39, 0.29) is 17.3 Å². The molecule has 3 fully saturated rings. The second-order valence-electron chi connectivity index (χ2n) is 8.74. The van der Waals surface area contributed by atoms with E-state index in [2.05, 4.69) is 15.5 Å².